The topological polar surface area (TPSA) is 74.1 Å². The zero-order valence-corrected chi connectivity index (χ0v) is 14.0. The lowest BCUT2D eigenvalue weighted by molar-refractivity contribution is -0.123. The maximum Gasteiger partial charge on any atom is 0.239 e. The second-order valence-corrected chi connectivity index (χ2v) is 5.57. The minimum Gasteiger partial charge on any atom is -0.497 e. The summed E-state index contributed by atoms with van der Waals surface area (Å²) >= 11 is 5.82. The SMILES string of the molecule is COc1ccc(NC[C@@H](C#N)C(=O)NCc2ccc(Cl)cc2)cc1. The molecule has 0 heterocycles. The predicted octanol–water partition coefficient (Wildman–Crippen LogP) is 3.22. The molecule has 0 aromatic heterocycles. The Morgan fingerprint density at radius 2 is 1.88 bits per heavy atom. The van der Waals surface area contributed by atoms with Crippen molar-refractivity contribution >= 4 is 23.2 Å². The van der Waals surface area contributed by atoms with Crippen molar-refractivity contribution in [2.75, 3.05) is 19.0 Å². The Kier molecular flexibility index (Phi) is 6.47. The number of carbonyl (C=O) groups is 1. The van der Waals surface area contributed by atoms with Crippen LogP contribution in [0.2, 0.25) is 5.02 Å². The van der Waals surface area contributed by atoms with Crippen LogP contribution in [0.3, 0.4) is 0 Å². The Labute approximate surface area is 146 Å². The summed E-state index contributed by atoms with van der Waals surface area (Å²) < 4.78 is 5.08. The number of hydrogen-bond donors (Lipinski definition) is 2. The number of carbonyl (C=O) groups excluding carboxylic acids is 1. The summed E-state index contributed by atoms with van der Waals surface area (Å²) in [4.78, 5) is 12.1. The molecule has 1 amide bonds. The molecule has 0 aliphatic carbocycles. The van der Waals surface area contributed by atoms with E-state index in [2.05, 4.69) is 10.6 Å². The van der Waals surface area contributed by atoms with Gasteiger partial charge < -0.3 is 15.4 Å². The van der Waals surface area contributed by atoms with E-state index in [9.17, 15) is 10.1 Å². The minimum atomic E-state index is -0.778. The van der Waals surface area contributed by atoms with Crippen LogP contribution in [0.4, 0.5) is 5.69 Å². The highest BCUT2D eigenvalue weighted by molar-refractivity contribution is 6.30. The van der Waals surface area contributed by atoms with Crippen LogP contribution in [0.5, 0.6) is 5.75 Å². The molecular weight excluding hydrogens is 326 g/mol. The molecule has 0 saturated heterocycles. The van der Waals surface area contributed by atoms with E-state index >= 15 is 0 Å². The predicted molar refractivity (Wildman–Crippen MR) is 93.9 cm³/mol. The first-order chi connectivity index (χ1) is 11.6. The third-order valence-corrected chi connectivity index (χ3v) is 3.70. The van der Waals surface area contributed by atoms with Crippen LogP contribution >= 0.6 is 11.6 Å². The van der Waals surface area contributed by atoms with E-state index in [0.717, 1.165) is 17.0 Å². The first-order valence-corrected chi connectivity index (χ1v) is 7.80. The summed E-state index contributed by atoms with van der Waals surface area (Å²) in [7, 11) is 1.60. The molecule has 2 N–H and O–H groups in total. The summed E-state index contributed by atoms with van der Waals surface area (Å²) in [6, 6.07) is 16.5. The number of hydrogen-bond acceptors (Lipinski definition) is 4. The van der Waals surface area contributed by atoms with Gasteiger partial charge in [-0.1, -0.05) is 23.7 Å². The molecule has 1 atom stereocenters. The highest BCUT2D eigenvalue weighted by Gasteiger charge is 2.17. The van der Waals surface area contributed by atoms with Crippen LogP contribution in [-0.2, 0) is 11.3 Å². The summed E-state index contributed by atoms with van der Waals surface area (Å²) in [5.74, 6) is -0.342. The molecule has 2 rings (SSSR count). The number of halogens is 1. The average Bonchev–Trinajstić information content (AvgIpc) is 2.62. The number of nitriles is 1. The van der Waals surface area contributed by atoms with E-state index in [-0.39, 0.29) is 12.5 Å². The van der Waals surface area contributed by atoms with Crippen LogP contribution in [0.15, 0.2) is 48.5 Å². The standard InChI is InChI=1S/C18H18ClN3O2/c1-24-17-8-6-16(7-9-17)21-12-14(10-20)18(23)22-11-13-2-4-15(19)5-3-13/h2-9,14,21H,11-12H2,1H3,(H,22,23)/t14-/m1/s1. The van der Waals surface area contributed by atoms with Gasteiger partial charge in [-0.25, -0.2) is 0 Å². The number of benzene rings is 2. The van der Waals surface area contributed by atoms with Crippen molar-refractivity contribution in [2.45, 2.75) is 6.54 Å². The fraction of sp³-hybridized carbons (Fsp3) is 0.222. The summed E-state index contributed by atoms with van der Waals surface area (Å²) in [5, 5.41) is 15.7. The lowest BCUT2D eigenvalue weighted by atomic mass is 10.1. The van der Waals surface area contributed by atoms with E-state index in [1.54, 1.807) is 19.2 Å². The molecule has 0 spiro atoms. The van der Waals surface area contributed by atoms with Crippen LogP contribution in [0, 0.1) is 17.2 Å². The summed E-state index contributed by atoms with van der Waals surface area (Å²) in [5.41, 5.74) is 1.74. The molecule has 0 saturated carbocycles. The zero-order valence-electron chi connectivity index (χ0n) is 13.3. The van der Waals surface area contributed by atoms with Crippen LogP contribution in [0.25, 0.3) is 0 Å². The molecule has 2 aromatic carbocycles. The number of methoxy groups -OCH3 is 1. The normalized spacial score (nSPS) is 11.2. The third kappa shape index (κ3) is 5.18. The van der Waals surface area contributed by atoms with Gasteiger partial charge in [0.05, 0.1) is 13.2 Å². The molecule has 0 radical (unpaired) electrons. The minimum absolute atomic E-state index is 0.231. The first kappa shape index (κ1) is 17.6. The number of nitrogens with one attached hydrogen (secondary N) is 2. The lowest BCUT2D eigenvalue weighted by Crippen LogP contribution is -2.33. The van der Waals surface area contributed by atoms with E-state index in [0.29, 0.717) is 11.6 Å². The Morgan fingerprint density at radius 1 is 1.21 bits per heavy atom. The molecule has 124 valence electrons. The Morgan fingerprint density at radius 3 is 2.46 bits per heavy atom. The number of ether oxygens (including phenoxy) is 1. The molecule has 0 bridgehead atoms. The van der Waals surface area contributed by atoms with Crippen molar-refractivity contribution in [2.24, 2.45) is 5.92 Å². The van der Waals surface area contributed by atoms with Gasteiger partial charge in [-0.2, -0.15) is 5.26 Å². The summed E-state index contributed by atoms with van der Waals surface area (Å²) in [6.45, 7) is 0.589. The molecule has 0 fully saturated rings. The molecule has 0 aliphatic rings. The van der Waals surface area contributed by atoms with Crippen molar-refractivity contribution in [3.8, 4) is 11.8 Å². The second-order valence-electron chi connectivity index (χ2n) is 5.14. The van der Waals surface area contributed by atoms with Crippen LogP contribution < -0.4 is 15.4 Å². The molecule has 2 aromatic rings. The van der Waals surface area contributed by atoms with Gasteiger partial charge in [-0.15, -0.1) is 0 Å². The van der Waals surface area contributed by atoms with E-state index < -0.39 is 5.92 Å². The third-order valence-electron chi connectivity index (χ3n) is 3.45. The van der Waals surface area contributed by atoms with Crippen molar-refractivity contribution < 1.29 is 9.53 Å². The maximum atomic E-state index is 12.1. The maximum absolute atomic E-state index is 12.1. The Balaban J connectivity index is 1.84. The van der Waals surface area contributed by atoms with Gasteiger partial charge in [0.2, 0.25) is 5.91 Å². The van der Waals surface area contributed by atoms with E-state index in [4.69, 9.17) is 16.3 Å². The molecule has 5 nitrogen and oxygen atoms in total. The molecule has 6 heteroatoms. The average molecular weight is 344 g/mol. The summed E-state index contributed by atoms with van der Waals surface area (Å²) in [6.07, 6.45) is 0. The van der Waals surface area contributed by atoms with Gasteiger partial charge in [0.25, 0.3) is 0 Å². The smallest absolute Gasteiger partial charge is 0.239 e. The number of nitrogens with zero attached hydrogens (tertiary/aromatic N) is 1. The highest BCUT2D eigenvalue weighted by Crippen LogP contribution is 2.15. The molecule has 0 aliphatic heterocycles. The second kappa shape index (κ2) is 8.80. The van der Waals surface area contributed by atoms with Crippen molar-refractivity contribution in [1.29, 1.82) is 5.26 Å². The Bertz CT molecular complexity index is 709. The molecule has 24 heavy (non-hydrogen) atoms. The van der Waals surface area contributed by atoms with Gasteiger partial charge in [-0.3, -0.25) is 4.79 Å². The first-order valence-electron chi connectivity index (χ1n) is 7.42. The fourth-order valence-electron chi connectivity index (χ4n) is 2.04. The number of amides is 1. The molecule has 0 unspecified atom stereocenters. The highest BCUT2D eigenvalue weighted by atomic mass is 35.5. The zero-order chi connectivity index (χ0) is 17.4. The van der Waals surface area contributed by atoms with Gasteiger partial charge in [0.15, 0.2) is 0 Å². The van der Waals surface area contributed by atoms with Gasteiger partial charge in [0, 0.05) is 23.8 Å². The van der Waals surface area contributed by atoms with Gasteiger partial charge in [0.1, 0.15) is 11.7 Å². The van der Waals surface area contributed by atoms with Gasteiger partial charge in [-0.05, 0) is 42.0 Å². The van der Waals surface area contributed by atoms with Crippen LogP contribution in [0.1, 0.15) is 5.56 Å². The largest absolute Gasteiger partial charge is 0.497 e. The Hall–Kier alpha value is -2.71. The monoisotopic (exact) mass is 343 g/mol. The van der Waals surface area contributed by atoms with Crippen molar-refractivity contribution in [3.63, 3.8) is 0 Å². The van der Waals surface area contributed by atoms with Crippen LogP contribution in [-0.4, -0.2) is 19.6 Å². The van der Waals surface area contributed by atoms with Crippen molar-refractivity contribution in [1.82, 2.24) is 5.32 Å². The molecular formula is C18H18ClN3O2. The van der Waals surface area contributed by atoms with Gasteiger partial charge >= 0.3 is 0 Å². The number of anilines is 1. The lowest BCUT2D eigenvalue weighted by Gasteiger charge is -2.12. The van der Waals surface area contributed by atoms with E-state index in [1.807, 2.05) is 42.5 Å². The quantitative estimate of drug-likeness (QED) is 0.809. The fourth-order valence-corrected chi connectivity index (χ4v) is 2.17. The number of rotatable bonds is 7. The van der Waals surface area contributed by atoms with E-state index in [1.165, 1.54) is 0 Å². The van der Waals surface area contributed by atoms with Crippen molar-refractivity contribution in [3.05, 3.63) is 59.1 Å².